The van der Waals surface area contributed by atoms with Crippen molar-refractivity contribution < 1.29 is 9.47 Å². The zero-order chi connectivity index (χ0) is 15.4. The van der Waals surface area contributed by atoms with E-state index >= 15 is 0 Å². The zero-order valence-electron chi connectivity index (χ0n) is 13.0. The largest absolute Gasteiger partial charge is 0.497 e. The summed E-state index contributed by atoms with van der Waals surface area (Å²) in [7, 11) is 3.27. The molecule has 1 unspecified atom stereocenters. The van der Waals surface area contributed by atoms with Crippen LogP contribution in [0.2, 0.25) is 0 Å². The molecule has 0 spiro atoms. The van der Waals surface area contributed by atoms with Crippen LogP contribution in [0.5, 0.6) is 11.5 Å². The fraction of sp³-hybridized carbons (Fsp3) is 0.438. The molecule has 0 aliphatic rings. The van der Waals surface area contributed by atoms with Crippen LogP contribution in [0.4, 0.5) is 0 Å². The van der Waals surface area contributed by atoms with E-state index in [0.717, 1.165) is 35.0 Å². The number of imidazole rings is 1. The molecule has 2 aromatic rings. The van der Waals surface area contributed by atoms with Gasteiger partial charge in [0.2, 0.25) is 0 Å². The number of benzene rings is 1. The van der Waals surface area contributed by atoms with Crippen LogP contribution in [0.1, 0.15) is 32.1 Å². The van der Waals surface area contributed by atoms with Gasteiger partial charge in [0.25, 0.3) is 0 Å². The van der Waals surface area contributed by atoms with Crippen LogP contribution in [-0.2, 0) is 0 Å². The molecule has 2 rings (SSSR count). The topological polar surface area (TPSA) is 73.2 Å². The monoisotopic (exact) mass is 289 g/mol. The van der Waals surface area contributed by atoms with Gasteiger partial charge in [-0.25, -0.2) is 4.98 Å². The number of nitrogens with zero attached hydrogens (tertiary/aromatic N) is 1. The first-order valence-electron chi connectivity index (χ1n) is 7.08. The molecule has 0 amide bonds. The van der Waals surface area contributed by atoms with Gasteiger partial charge in [-0.1, -0.05) is 13.8 Å². The summed E-state index contributed by atoms with van der Waals surface area (Å²) in [6, 6.07) is 5.61. The predicted octanol–water partition coefficient (Wildman–Crippen LogP) is 3.14. The van der Waals surface area contributed by atoms with E-state index in [0.29, 0.717) is 5.92 Å². The molecule has 1 heterocycles. The molecule has 0 saturated heterocycles. The number of aromatic amines is 1. The van der Waals surface area contributed by atoms with Crippen molar-refractivity contribution in [1.29, 1.82) is 0 Å². The number of methoxy groups -OCH3 is 2. The average molecular weight is 289 g/mol. The SMILES string of the molecule is COc1ccc(-c2cnc(C(N)CC(C)C)[nH]2)c(OC)c1. The normalized spacial score (nSPS) is 12.5. The fourth-order valence-electron chi connectivity index (χ4n) is 2.30. The lowest BCUT2D eigenvalue weighted by atomic mass is 10.0. The molecule has 0 aliphatic heterocycles. The Kier molecular flexibility index (Phi) is 4.85. The Hall–Kier alpha value is -2.01. The van der Waals surface area contributed by atoms with Gasteiger partial charge in [0.1, 0.15) is 17.3 Å². The van der Waals surface area contributed by atoms with Crippen LogP contribution in [0.25, 0.3) is 11.3 Å². The Labute approximate surface area is 125 Å². The summed E-state index contributed by atoms with van der Waals surface area (Å²) in [5.41, 5.74) is 7.99. The zero-order valence-corrected chi connectivity index (χ0v) is 13.0. The lowest BCUT2D eigenvalue weighted by Gasteiger charge is -2.11. The predicted molar refractivity (Wildman–Crippen MR) is 83.5 cm³/mol. The molecule has 114 valence electrons. The quantitative estimate of drug-likeness (QED) is 0.857. The highest BCUT2D eigenvalue weighted by molar-refractivity contribution is 5.68. The van der Waals surface area contributed by atoms with Crippen LogP contribution in [0.15, 0.2) is 24.4 Å². The number of ether oxygens (including phenoxy) is 2. The maximum atomic E-state index is 6.16. The Morgan fingerprint density at radius 3 is 2.62 bits per heavy atom. The molecular weight excluding hydrogens is 266 g/mol. The third-order valence-electron chi connectivity index (χ3n) is 3.37. The summed E-state index contributed by atoms with van der Waals surface area (Å²) in [5.74, 6) is 2.83. The van der Waals surface area contributed by atoms with Crippen molar-refractivity contribution in [3.8, 4) is 22.8 Å². The Morgan fingerprint density at radius 1 is 1.24 bits per heavy atom. The second-order valence-electron chi connectivity index (χ2n) is 5.48. The van der Waals surface area contributed by atoms with Gasteiger partial charge < -0.3 is 20.2 Å². The van der Waals surface area contributed by atoms with Gasteiger partial charge >= 0.3 is 0 Å². The molecule has 0 aliphatic carbocycles. The summed E-state index contributed by atoms with van der Waals surface area (Å²) in [6.07, 6.45) is 2.69. The third kappa shape index (κ3) is 3.55. The van der Waals surface area contributed by atoms with Gasteiger partial charge in [-0.3, -0.25) is 0 Å². The number of nitrogens with one attached hydrogen (secondary N) is 1. The van der Waals surface area contributed by atoms with E-state index in [1.807, 2.05) is 18.2 Å². The van der Waals surface area contributed by atoms with Crippen molar-refractivity contribution >= 4 is 0 Å². The second kappa shape index (κ2) is 6.63. The van der Waals surface area contributed by atoms with E-state index in [4.69, 9.17) is 15.2 Å². The minimum atomic E-state index is -0.0806. The van der Waals surface area contributed by atoms with Crippen molar-refractivity contribution in [3.63, 3.8) is 0 Å². The number of aromatic nitrogens is 2. The molecule has 0 saturated carbocycles. The molecule has 21 heavy (non-hydrogen) atoms. The summed E-state index contributed by atoms with van der Waals surface area (Å²) < 4.78 is 10.6. The van der Waals surface area contributed by atoms with Gasteiger partial charge in [-0.05, 0) is 24.5 Å². The molecule has 1 atom stereocenters. The van der Waals surface area contributed by atoms with Gasteiger partial charge in [0.15, 0.2) is 0 Å². The van der Waals surface area contributed by atoms with E-state index in [9.17, 15) is 0 Å². The first-order valence-corrected chi connectivity index (χ1v) is 7.08. The number of hydrogen-bond donors (Lipinski definition) is 2. The summed E-state index contributed by atoms with van der Waals surface area (Å²) in [5, 5.41) is 0. The standard InChI is InChI=1S/C16H23N3O2/c1-10(2)7-13(17)16-18-9-14(19-16)12-6-5-11(20-3)8-15(12)21-4/h5-6,8-10,13H,7,17H2,1-4H3,(H,18,19). The Balaban J connectivity index is 2.29. The van der Waals surface area contributed by atoms with E-state index in [1.54, 1.807) is 20.4 Å². The van der Waals surface area contributed by atoms with Crippen LogP contribution in [0.3, 0.4) is 0 Å². The van der Waals surface area contributed by atoms with E-state index in [1.165, 1.54) is 0 Å². The Bertz CT molecular complexity index is 593. The maximum Gasteiger partial charge on any atom is 0.131 e. The highest BCUT2D eigenvalue weighted by Crippen LogP contribution is 2.32. The molecule has 1 aromatic heterocycles. The summed E-state index contributed by atoms with van der Waals surface area (Å²) in [4.78, 5) is 7.69. The Morgan fingerprint density at radius 2 is 2.00 bits per heavy atom. The molecular formula is C16H23N3O2. The minimum absolute atomic E-state index is 0.0806. The molecule has 0 fully saturated rings. The van der Waals surface area contributed by atoms with Crippen molar-refractivity contribution in [1.82, 2.24) is 9.97 Å². The van der Waals surface area contributed by atoms with E-state index in [-0.39, 0.29) is 6.04 Å². The summed E-state index contributed by atoms with van der Waals surface area (Å²) in [6.45, 7) is 4.30. The lowest BCUT2D eigenvalue weighted by Crippen LogP contribution is -2.14. The fourth-order valence-corrected chi connectivity index (χ4v) is 2.30. The van der Waals surface area contributed by atoms with Crippen molar-refractivity contribution in [2.24, 2.45) is 11.7 Å². The number of nitrogens with two attached hydrogens (primary N) is 1. The van der Waals surface area contributed by atoms with Crippen LogP contribution in [0, 0.1) is 5.92 Å². The lowest BCUT2D eigenvalue weighted by molar-refractivity contribution is 0.395. The average Bonchev–Trinajstić information content (AvgIpc) is 2.95. The number of H-pyrrole nitrogens is 1. The molecule has 1 aromatic carbocycles. The van der Waals surface area contributed by atoms with E-state index in [2.05, 4.69) is 23.8 Å². The van der Waals surface area contributed by atoms with Crippen molar-refractivity contribution in [2.45, 2.75) is 26.3 Å². The molecule has 5 nitrogen and oxygen atoms in total. The first-order chi connectivity index (χ1) is 10.0. The van der Waals surface area contributed by atoms with Gasteiger partial charge in [0.05, 0.1) is 32.2 Å². The van der Waals surface area contributed by atoms with Gasteiger partial charge in [-0.15, -0.1) is 0 Å². The van der Waals surface area contributed by atoms with Crippen LogP contribution < -0.4 is 15.2 Å². The maximum absolute atomic E-state index is 6.16. The molecule has 0 radical (unpaired) electrons. The van der Waals surface area contributed by atoms with Crippen LogP contribution in [-0.4, -0.2) is 24.2 Å². The minimum Gasteiger partial charge on any atom is -0.497 e. The summed E-state index contributed by atoms with van der Waals surface area (Å²) >= 11 is 0. The van der Waals surface area contributed by atoms with E-state index < -0.39 is 0 Å². The van der Waals surface area contributed by atoms with Gasteiger partial charge in [0, 0.05) is 11.6 Å². The number of hydrogen-bond acceptors (Lipinski definition) is 4. The smallest absolute Gasteiger partial charge is 0.131 e. The van der Waals surface area contributed by atoms with Crippen LogP contribution >= 0.6 is 0 Å². The second-order valence-corrected chi connectivity index (χ2v) is 5.48. The highest BCUT2D eigenvalue weighted by Gasteiger charge is 2.15. The highest BCUT2D eigenvalue weighted by atomic mass is 16.5. The first kappa shape index (κ1) is 15.4. The molecule has 3 N–H and O–H groups in total. The molecule has 0 bridgehead atoms. The van der Waals surface area contributed by atoms with Gasteiger partial charge in [-0.2, -0.15) is 0 Å². The van der Waals surface area contributed by atoms with Crippen molar-refractivity contribution in [2.75, 3.05) is 14.2 Å². The number of rotatable bonds is 6. The van der Waals surface area contributed by atoms with Crippen molar-refractivity contribution in [3.05, 3.63) is 30.2 Å². The molecule has 5 heteroatoms. The third-order valence-corrected chi connectivity index (χ3v) is 3.37.